The number of rotatable bonds is 5. The van der Waals surface area contributed by atoms with Gasteiger partial charge in [-0.2, -0.15) is 0 Å². The van der Waals surface area contributed by atoms with Crippen LogP contribution in [0.4, 0.5) is 16.2 Å². The molecule has 3 N–H and O–H groups in total. The van der Waals surface area contributed by atoms with E-state index in [0.717, 1.165) is 17.2 Å². The first-order valence-electron chi connectivity index (χ1n) is 6.45. The SMILES string of the molecule is CCOC(=O)Nc1ccc(NCc2cnc(C)[nH]2)cc1. The summed E-state index contributed by atoms with van der Waals surface area (Å²) in [5.41, 5.74) is 2.69. The molecule has 2 aromatic rings. The number of imidazole rings is 1. The van der Waals surface area contributed by atoms with E-state index in [1.54, 1.807) is 13.1 Å². The summed E-state index contributed by atoms with van der Waals surface area (Å²) in [6.07, 6.45) is 1.36. The number of benzene rings is 1. The summed E-state index contributed by atoms with van der Waals surface area (Å²) < 4.78 is 4.81. The molecule has 0 saturated carbocycles. The first kappa shape index (κ1) is 13.9. The molecule has 0 fully saturated rings. The summed E-state index contributed by atoms with van der Waals surface area (Å²) in [5, 5.41) is 5.91. The summed E-state index contributed by atoms with van der Waals surface area (Å²) in [4.78, 5) is 18.5. The van der Waals surface area contributed by atoms with Crippen LogP contribution in [0, 0.1) is 6.92 Å². The van der Waals surface area contributed by atoms with Gasteiger partial charge in [0, 0.05) is 11.4 Å². The summed E-state index contributed by atoms with van der Waals surface area (Å²) >= 11 is 0. The predicted molar refractivity (Wildman–Crippen MR) is 77.7 cm³/mol. The van der Waals surface area contributed by atoms with Gasteiger partial charge in [0.1, 0.15) is 5.82 Å². The Bertz CT molecular complexity index is 563. The van der Waals surface area contributed by atoms with Gasteiger partial charge in [-0.05, 0) is 38.1 Å². The van der Waals surface area contributed by atoms with Crippen molar-refractivity contribution < 1.29 is 9.53 Å². The van der Waals surface area contributed by atoms with E-state index in [4.69, 9.17) is 4.74 Å². The molecule has 20 heavy (non-hydrogen) atoms. The van der Waals surface area contributed by atoms with Crippen molar-refractivity contribution in [2.24, 2.45) is 0 Å². The second-order valence-corrected chi connectivity index (χ2v) is 4.27. The minimum atomic E-state index is -0.443. The molecule has 0 aliphatic rings. The monoisotopic (exact) mass is 274 g/mol. The van der Waals surface area contributed by atoms with Crippen molar-refractivity contribution in [1.82, 2.24) is 9.97 Å². The number of carbonyl (C=O) groups excluding carboxylic acids is 1. The topological polar surface area (TPSA) is 79.0 Å². The lowest BCUT2D eigenvalue weighted by Crippen LogP contribution is -2.13. The zero-order valence-electron chi connectivity index (χ0n) is 11.6. The third kappa shape index (κ3) is 4.01. The van der Waals surface area contributed by atoms with Gasteiger partial charge in [-0.1, -0.05) is 0 Å². The molecule has 1 amide bonds. The molecular weight excluding hydrogens is 256 g/mol. The third-order valence-corrected chi connectivity index (χ3v) is 2.65. The molecule has 0 saturated heterocycles. The standard InChI is InChI=1S/C14H18N4O2/c1-3-20-14(19)18-12-6-4-11(5-7-12)16-9-13-8-15-10(2)17-13/h4-8,16H,3,9H2,1-2H3,(H,15,17)(H,18,19). The minimum absolute atomic E-state index is 0.356. The van der Waals surface area contributed by atoms with E-state index in [9.17, 15) is 4.79 Å². The molecule has 0 aliphatic carbocycles. The number of carbonyl (C=O) groups is 1. The van der Waals surface area contributed by atoms with Crippen molar-refractivity contribution >= 4 is 17.5 Å². The smallest absolute Gasteiger partial charge is 0.411 e. The highest BCUT2D eigenvalue weighted by Gasteiger charge is 2.02. The molecule has 0 unspecified atom stereocenters. The lowest BCUT2D eigenvalue weighted by Gasteiger charge is -2.08. The normalized spacial score (nSPS) is 10.1. The van der Waals surface area contributed by atoms with Crippen LogP contribution in [0.1, 0.15) is 18.4 Å². The van der Waals surface area contributed by atoms with Gasteiger partial charge in [0.25, 0.3) is 0 Å². The van der Waals surface area contributed by atoms with Crippen molar-refractivity contribution in [3.8, 4) is 0 Å². The van der Waals surface area contributed by atoms with E-state index >= 15 is 0 Å². The number of nitrogens with zero attached hydrogens (tertiary/aromatic N) is 1. The largest absolute Gasteiger partial charge is 0.450 e. The molecule has 0 aliphatic heterocycles. The molecule has 0 radical (unpaired) electrons. The van der Waals surface area contributed by atoms with Crippen LogP contribution in [0.15, 0.2) is 30.5 Å². The second-order valence-electron chi connectivity index (χ2n) is 4.27. The Morgan fingerprint density at radius 2 is 2.00 bits per heavy atom. The van der Waals surface area contributed by atoms with Gasteiger partial charge in [0.15, 0.2) is 0 Å². The Morgan fingerprint density at radius 3 is 2.60 bits per heavy atom. The van der Waals surface area contributed by atoms with Crippen LogP contribution >= 0.6 is 0 Å². The summed E-state index contributed by atoms with van der Waals surface area (Å²) in [6, 6.07) is 7.42. The molecule has 106 valence electrons. The third-order valence-electron chi connectivity index (χ3n) is 2.65. The van der Waals surface area contributed by atoms with E-state index in [1.807, 2.05) is 31.2 Å². The van der Waals surface area contributed by atoms with E-state index < -0.39 is 6.09 Å². The summed E-state index contributed by atoms with van der Waals surface area (Å²) in [5.74, 6) is 0.899. The van der Waals surface area contributed by atoms with E-state index in [1.165, 1.54) is 0 Å². The van der Waals surface area contributed by atoms with Gasteiger partial charge in [-0.3, -0.25) is 5.32 Å². The van der Waals surface area contributed by atoms with Crippen molar-refractivity contribution in [1.29, 1.82) is 0 Å². The van der Waals surface area contributed by atoms with Gasteiger partial charge in [-0.25, -0.2) is 9.78 Å². The zero-order chi connectivity index (χ0) is 14.4. The van der Waals surface area contributed by atoms with Crippen LogP contribution in [0.25, 0.3) is 0 Å². The Kier molecular flexibility index (Phi) is 4.60. The van der Waals surface area contributed by atoms with Gasteiger partial charge >= 0.3 is 6.09 Å². The molecule has 1 heterocycles. The quantitative estimate of drug-likeness (QED) is 0.783. The molecular formula is C14H18N4O2. The van der Waals surface area contributed by atoms with E-state index in [2.05, 4.69) is 20.6 Å². The van der Waals surface area contributed by atoms with Gasteiger partial charge in [0.2, 0.25) is 0 Å². The number of aryl methyl sites for hydroxylation is 1. The maximum atomic E-state index is 11.3. The van der Waals surface area contributed by atoms with Crippen molar-refractivity contribution in [3.63, 3.8) is 0 Å². The number of amides is 1. The molecule has 6 nitrogen and oxygen atoms in total. The van der Waals surface area contributed by atoms with Gasteiger partial charge in [0.05, 0.1) is 25.0 Å². The average Bonchev–Trinajstić information content (AvgIpc) is 2.84. The van der Waals surface area contributed by atoms with Crippen molar-refractivity contribution in [3.05, 3.63) is 42.0 Å². The van der Waals surface area contributed by atoms with Crippen molar-refractivity contribution in [2.45, 2.75) is 20.4 Å². The lowest BCUT2D eigenvalue weighted by atomic mass is 10.2. The van der Waals surface area contributed by atoms with Crippen LogP contribution in [0.3, 0.4) is 0 Å². The van der Waals surface area contributed by atoms with Gasteiger partial charge < -0.3 is 15.0 Å². The highest BCUT2D eigenvalue weighted by atomic mass is 16.5. The fourth-order valence-electron chi connectivity index (χ4n) is 1.72. The summed E-state index contributed by atoms with van der Waals surface area (Å²) in [7, 11) is 0. The van der Waals surface area contributed by atoms with Crippen LogP contribution in [-0.2, 0) is 11.3 Å². The number of aromatic nitrogens is 2. The Morgan fingerprint density at radius 1 is 1.30 bits per heavy atom. The number of hydrogen-bond donors (Lipinski definition) is 3. The fraction of sp³-hybridized carbons (Fsp3) is 0.286. The number of anilines is 2. The maximum absolute atomic E-state index is 11.3. The number of ether oxygens (including phenoxy) is 1. The average molecular weight is 274 g/mol. The number of H-pyrrole nitrogens is 1. The number of hydrogen-bond acceptors (Lipinski definition) is 4. The van der Waals surface area contributed by atoms with Crippen LogP contribution in [-0.4, -0.2) is 22.7 Å². The molecule has 0 atom stereocenters. The number of aromatic amines is 1. The van der Waals surface area contributed by atoms with E-state index in [0.29, 0.717) is 18.8 Å². The van der Waals surface area contributed by atoms with E-state index in [-0.39, 0.29) is 0 Å². The minimum Gasteiger partial charge on any atom is -0.450 e. The Hall–Kier alpha value is -2.50. The molecule has 2 rings (SSSR count). The fourth-order valence-corrected chi connectivity index (χ4v) is 1.72. The zero-order valence-corrected chi connectivity index (χ0v) is 11.6. The predicted octanol–water partition coefficient (Wildman–Crippen LogP) is 2.90. The lowest BCUT2D eigenvalue weighted by molar-refractivity contribution is 0.168. The molecule has 1 aromatic carbocycles. The highest BCUT2D eigenvalue weighted by molar-refractivity contribution is 5.84. The van der Waals surface area contributed by atoms with Crippen LogP contribution in [0.5, 0.6) is 0 Å². The Labute approximate surface area is 117 Å². The molecule has 1 aromatic heterocycles. The first-order valence-corrected chi connectivity index (χ1v) is 6.45. The Balaban J connectivity index is 1.86. The maximum Gasteiger partial charge on any atom is 0.411 e. The van der Waals surface area contributed by atoms with Crippen LogP contribution < -0.4 is 10.6 Å². The van der Waals surface area contributed by atoms with Crippen molar-refractivity contribution in [2.75, 3.05) is 17.2 Å². The molecule has 0 bridgehead atoms. The highest BCUT2D eigenvalue weighted by Crippen LogP contribution is 2.14. The summed E-state index contributed by atoms with van der Waals surface area (Å²) in [6.45, 7) is 4.71. The molecule has 6 heteroatoms. The van der Waals surface area contributed by atoms with Crippen LogP contribution in [0.2, 0.25) is 0 Å². The second kappa shape index (κ2) is 6.60. The first-order chi connectivity index (χ1) is 9.67. The molecule has 0 spiro atoms. The number of nitrogens with one attached hydrogen (secondary N) is 3. The van der Waals surface area contributed by atoms with Gasteiger partial charge in [-0.15, -0.1) is 0 Å².